The SMILES string of the molecule is CC(C)(C)OC(=O)Nc1ccc(NC(=O)c2ccc(NC(=O)OC(C)(C)C)cc2C(F)(F)F)c(C(F)(F)F)c1. The zero-order valence-electron chi connectivity index (χ0n) is 21.8. The average Bonchev–Trinajstić information content (AvgIpc) is 2.70. The van der Waals surface area contributed by atoms with Crippen LogP contribution in [0, 0.1) is 0 Å². The standard InChI is InChI=1S/C25H27F6N3O5/c1-22(2,3)38-20(36)32-13-7-9-15(16(11-13)24(26,27)28)19(35)34-18-10-8-14(12-17(18)25(29,30)31)33-21(37)39-23(4,5)6/h7-12H,1-6H3,(H,32,36)(H,33,37)(H,34,35). The summed E-state index contributed by atoms with van der Waals surface area (Å²) >= 11 is 0. The molecular weight excluding hydrogens is 536 g/mol. The molecule has 0 aliphatic carbocycles. The van der Waals surface area contributed by atoms with Crippen LogP contribution in [0.5, 0.6) is 0 Å². The van der Waals surface area contributed by atoms with E-state index in [1.807, 2.05) is 5.32 Å². The lowest BCUT2D eigenvalue weighted by Crippen LogP contribution is -2.27. The van der Waals surface area contributed by atoms with Crippen LogP contribution in [0.25, 0.3) is 0 Å². The Kier molecular flexibility index (Phi) is 8.83. The number of carbonyl (C=O) groups excluding carboxylic acids is 3. The molecule has 2 aromatic carbocycles. The first-order valence-corrected chi connectivity index (χ1v) is 11.3. The summed E-state index contributed by atoms with van der Waals surface area (Å²) < 4.78 is 92.3. The maximum Gasteiger partial charge on any atom is 0.418 e. The molecule has 14 heteroatoms. The van der Waals surface area contributed by atoms with Gasteiger partial charge < -0.3 is 14.8 Å². The van der Waals surface area contributed by atoms with Gasteiger partial charge in [-0.3, -0.25) is 15.4 Å². The smallest absolute Gasteiger partial charge is 0.418 e. The van der Waals surface area contributed by atoms with Crippen LogP contribution in [-0.4, -0.2) is 29.3 Å². The van der Waals surface area contributed by atoms with E-state index < -0.39 is 64.0 Å². The van der Waals surface area contributed by atoms with E-state index in [4.69, 9.17) is 9.47 Å². The van der Waals surface area contributed by atoms with Crippen molar-refractivity contribution in [2.24, 2.45) is 0 Å². The highest BCUT2D eigenvalue weighted by molar-refractivity contribution is 6.06. The second-order valence-corrected chi connectivity index (χ2v) is 10.2. The molecule has 3 N–H and O–H groups in total. The third kappa shape index (κ3) is 9.69. The Balaban J connectivity index is 2.38. The summed E-state index contributed by atoms with van der Waals surface area (Å²) in [5.41, 5.74) is -7.35. The van der Waals surface area contributed by atoms with Crippen LogP contribution in [0.4, 0.5) is 53.0 Å². The molecular formula is C25H27F6N3O5. The van der Waals surface area contributed by atoms with Gasteiger partial charge in [0.05, 0.1) is 22.4 Å². The van der Waals surface area contributed by atoms with Gasteiger partial charge in [-0.05, 0) is 77.9 Å². The highest BCUT2D eigenvalue weighted by atomic mass is 19.4. The molecule has 39 heavy (non-hydrogen) atoms. The van der Waals surface area contributed by atoms with Gasteiger partial charge in [-0.2, -0.15) is 26.3 Å². The van der Waals surface area contributed by atoms with Crippen LogP contribution >= 0.6 is 0 Å². The maximum atomic E-state index is 13.7. The normalized spacial score (nSPS) is 12.4. The van der Waals surface area contributed by atoms with Crippen LogP contribution in [0.1, 0.15) is 63.0 Å². The Morgan fingerprint density at radius 2 is 1.03 bits per heavy atom. The van der Waals surface area contributed by atoms with Crippen LogP contribution in [-0.2, 0) is 21.8 Å². The van der Waals surface area contributed by atoms with Crippen LogP contribution in [0.15, 0.2) is 36.4 Å². The summed E-state index contributed by atoms with van der Waals surface area (Å²) in [5.74, 6) is -1.50. The second-order valence-electron chi connectivity index (χ2n) is 10.2. The summed E-state index contributed by atoms with van der Waals surface area (Å²) in [5, 5.41) is 6.07. The Hall–Kier alpha value is -3.97. The third-order valence-corrected chi connectivity index (χ3v) is 4.43. The van der Waals surface area contributed by atoms with Crippen LogP contribution in [0.3, 0.4) is 0 Å². The molecule has 2 aromatic rings. The molecule has 0 radical (unpaired) electrons. The first-order valence-electron chi connectivity index (χ1n) is 11.3. The fraction of sp³-hybridized carbons (Fsp3) is 0.400. The average molecular weight is 563 g/mol. The molecule has 214 valence electrons. The number of ether oxygens (including phenoxy) is 2. The van der Waals surface area contributed by atoms with Crippen molar-refractivity contribution in [2.75, 3.05) is 16.0 Å². The number of carbonyl (C=O) groups is 3. The van der Waals surface area contributed by atoms with E-state index in [0.29, 0.717) is 18.2 Å². The largest absolute Gasteiger partial charge is 0.444 e. The molecule has 0 spiro atoms. The van der Waals surface area contributed by atoms with Gasteiger partial charge in [0.1, 0.15) is 11.2 Å². The van der Waals surface area contributed by atoms with Gasteiger partial charge >= 0.3 is 24.5 Å². The minimum absolute atomic E-state index is 0.330. The van der Waals surface area contributed by atoms with Crippen molar-refractivity contribution in [3.05, 3.63) is 53.1 Å². The molecule has 0 fully saturated rings. The van der Waals surface area contributed by atoms with Gasteiger partial charge in [-0.25, -0.2) is 9.59 Å². The lowest BCUT2D eigenvalue weighted by atomic mass is 10.0. The van der Waals surface area contributed by atoms with E-state index in [2.05, 4.69) is 10.6 Å². The van der Waals surface area contributed by atoms with Gasteiger partial charge in [0.2, 0.25) is 0 Å². The number of amides is 3. The minimum Gasteiger partial charge on any atom is -0.444 e. The van der Waals surface area contributed by atoms with Gasteiger partial charge in [-0.1, -0.05) is 0 Å². The van der Waals surface area contributed by atoms with Crippen LogP contribution in [0.2, 0.25) is 0 Å². The first kappa shape index (κ1) is 31.2. The molecule has 0 atom stereocenters. The summed E-state index contributed by atoms with van der Waals surface area (Å²) in [6.07, 6.45) is -12.3. The van der Waals surface area contributed by atoms with Gasteiger partial charge in [0, 0.05) is 11.4 Å². The number of halogens is 6. The van der Waals surface area contributed by atoms with Crippen molar-refractivity contribution in [3.8, 4) is 0 Å². The van der Waals surface area contributed by atoms with E-state index in [0.717, 1.165) is 18.2 Å². The summed E-state index contributed by atoms with van der Waals surface area (Å²) in [4.78, 5) is 36.5. The highest BCUT2D eigenvalue weighted by Crippen LogP contribution is 2.38. The minimum atomic E-state index is -5.10. The molecule has 0 aliphatic rings. The van der Waals surface area contributed by atoms with Crippen molar-refractivity contribution < 1.29 is 50.2 Å². The van der Waals surface area contributed by atoms with Crippen molar-refractivity contribution in [3.63, 3.8) is 0 Å². The number of anilines is 3. The molecule has 0 unspecified atom stereocenters. The zero-order chi connectivity index (χ0) is 30.0. The van der Waals surface area contributed by atoms with E-state index in [-0.39, 0.29) is 11.4 Å². The molecule has 3 amide bonds. The van der Waals surface area contributed by atoms with E-state index in [1.54, 1.807) is 20.8 Å². The number of nitrogens with one attached hydrogen (secondary N) is 3. The van der Waals surface area contributed by atoms with Gasteiger partial charge in [0.25, 0.3) is 5.91 Å². The van der Waals surface area contributed by atoms with E-state index in [9.17, 15) is 40.7 Å². The Morgan fingerprint density at radius 1 is 0.615 bits per heavy atom. The van der Waals surface area contributed by atoms with Gasteiger partial charge in [0.15, 0.2) is 0 Å². The fourth-order valence-electron chi connectivity index (χ4n) is 3.05. The molecule has 8 nitrogen and oxygen atoms in total. The lowest BCUT2D eigenvalue weighted by molar-refractivity contribution is -0.138. The van der Waals surface area contributed by atoms with E-state index >= 15 is 0 Å². The van der Waals surface area contributed by atoms with Crippen LogP contribution < -0.4 is 16.0 Å². The first-order chi connectivity index (χ1) is 17.5. The van der Waals surface area contributed by atoms with E-state index in [1.165, 1.54) is 20.8 Å². The number of benzene rings is 2. The third-order valence-electron chi connectivity index (χ3n) is 4.43. The molecule has 2 rings (SSSR count). The predicted molar refractivity (Wildman–Crippen MR) is 131 cm³/mol. The molecule has 0 saturated heterocycles. The van der Waals surface area contributed by atoms with Crippen molar-refractivity contribution in [1.29, 1.82) is 0 Å². The Morgan fingerprint density at radius 3 is 1.44 bits per heavy atom. The summed E-state index contributed by atoms with van der Waals surface area (Å²) in [7, 11) is 0. The summed E-state index contributed by atoms with van der Waals surface area (Å²) in [6.45, 7) is 9.24. The number of alkyl halides is 6. The second kappa shape index (κ2) is 11.0. The fourth-order valence-corrected chi connectivity index (χ4v) is 3.05. The predicted octanol–water partition coefficient (Wildman–Crippen LogP) is 7.67. The topological polar surface area (TPSA) is 106 Å². The number of hydrogen-bond donors (Lipinski definition) is 3. The highest BCUT2D eigenvalue weighted by Gasteiger charge is 2.38. The zero-order valence-corrected chi connectivity index (χ0v) is 21.8. The summed E-state index contributed by atoms with van der Waals surface area (Å²) in [6, 6.07) is 4.41. The van der Waals surface area contributed by atoms with Crippen molar-refractivity contribution >= 4 is 35.2 Å². The molecule has 0 heterocycles. The molecule has 0 aromatic heterocycles. The number of hydrogen-bond acceptors (Lipinski definition) is 5. The molecule has 0 aliphatic heterocycles. The van der Waals surface area contributed by atoms with Gasteiger partial charge in [-0.15, -0.1) is 0 Å². The number of rotatable bonds is 4. The molecule has 0 saturated carbocycles. The quantitative estimate of drug-likeness (QED) is 0.331. The Bertz CT molecular complexity index is 1240. The van der Waals surface area contributed by atoms with Crippen molar-refractivity contribution in [2.45, 2.75) is 65.1 Å². The Labute approximate surface area is 220 Å². The van der Waals surface area contributed by atoms with Crippen molar-refractivity contribution in [1.82, 2.24) is 0 Å². The molecule has 0 bridgehead atoms. The monoisotopic (exact) mass is 563 g/mol. The maximum absolute atomic E-state index is 13.7. The lowest BCUT2D eigenvalue weighted by Gasteiger charge is -2.21.